The molecule has 1 aliphatic rings. The predicted molar refractivity (Wildman–Crippen MR) is 104 cm³/mol. The Morgan fingerprint density at radius 2 is 1.96 bits per heavy atom. The first-order valence-corrected chi connectivity index (χ1v) is 9.47. The molecule has 0 radical (unpaired) electrons. The van der Waals surface area contributed by atoms with E-state index in [1.807, 2.05) is 13.0 Å². The zero-order valence-electron chi connectivity index (χ0n) is 15.7. The van der Waals surface area contributed by atoms with Gasteiger partial charge in [0.1, 0.15) is 5.82 Å². The molecule has 4 rings (SSSR count). The van der Waals surface area contributed by atoms with E-state index in [1.165, 1.54) is 18.9 Å². The lowest BCUT2D eigenvalue weighted by atomic mass is 10.2. The van der Waals surface area contributed by atoms with Gasteiger partial charge in [-0.25, -0.2) is 14.5 Å². The number of hydrogen-bond acceptors (Lipinski definition) is 4. The molecule has 1 aromatic carbocycles. The summed E-state index contributed by atoms with van der Waals surface area (Å²) in [5, 5.41) is 14.2. The van der Waals surface area contributed by atoms with Crippen molar-refractivity contribution in [1.29, 1.82) is 0 Å². The fourth-order valence-corrected chi connectivity index (χ4v) is 3.37. The van der Waals surface area contributed by atoms with Gasteiger partial charge in [-0.3, -0.25) is 4.79 Å². The maximum atomic E-state index is 12.2. The molecule has 28 heavy (non-hydrogen) atoms. The van der Waals surface area contributed by atoms with Crippen molar-refractivity contribution >= 4 is 5.97 Å². The lowest BCUT2D eigenvalue weighted by Gasteiger charge is -2.11. The molecule has 0 atom stereocenters. The van der Waals surface area contributed by atoms with E-state index < -0.39 is 5.97 Å². The first kappa shape index (κ1) is 18.2. The second-order valence-corrected chi connectivity index (χ2v) is 7.23. The first-order chi connectivity index (χ1) is 13.5. The van der Waals surface area contributed by atoms with Crippen LogP contribution in [0.25, 0.3) is 5.69 Å². The first-order valence-electron chi connectivity index (χ1n) is 9.47. The van der Waals surface area contributed by atoms with Crippen LogP contribution in [-0.4, -0.2) is 30.4 Å². The van der Waals surface area contributed by atoms with Crippen LogP contribution in [0.15, 0.2) is 47.3 Å². The summed E-state index contributed by atoms with van der Waals surface area (Å²) in [5.74, 6) is 1.02. The van der Waals surface area contributed by atoms with Gasteiger partial charge in [-0.2, -0.15) is 5.10 Å². The van der Waals surface area contributed by atoms with Gasteiger partial charge >= 0.3 is 5.97 Å². The van der Waals surface area contributed by atoms with Crippen LogP contribution in [0.1, 0.15) is 40.5 Å². The van der Waals surface area contributed by atoms with E-state index in [-0.39, 0.29) is 11.1 Å². The van der Waals surface area contributed by atoms with Crippen LogP contribution >= 0.6 is 0 Å². The Morgan fingerprint density at radius 3 is 2.68 bits per heavy atom. The van der Waals surface area contributed by atoms with E-state index in [4.69, 9.17) is 0 Å². The maximum Gasteiger partial charge on any atom is 0.337 e. The number of carbonyl (C=O) groups is 1. The Hall–Kier alpha value is -3.22. The van der Waals surface area contributed by atoms with Gasteiger partial charge in [-0.1, -0.05) is 18.2 Å². The summed E-state index contributed by atoms with van der Waals surface area (Å²) >= 11 is 0. The van der Waals surface area contributed by atoms with Crippen molar-refractivity contribution in [3.8, 4) is 5.69 Å². The van der Waals surface area contributed by atoms with E-state index in [2.05, 4.69) is 10.1 Å². The lowest BCUT2D eigenvalue weighted by molar-refractivity contribution is 0.0696. The van der Waals surface area contributed by atoms with Gasteiger partial charge in [0.2, 0.25) is 0 Å². The molecule has 0 aliphatic heterocycles. The molecule has 0 saturated heterocycles. The molecular formula is C21H22N4O3. The molecule has 1 saturated carbocycles. The number of aryl methyl sites for hydroxylation is 2. The fourth-order valence-electron chi connectivity index (χ4n) is 3.37. The van der Waals surface area contributed by atoms with Gasteiger partial charge in [-0.15, -0.1) is 0 Å². The van der Waals surface area contributed by atoms with Crippen LogP contribution in [-0.2, 0) is 19.4 Å². The van der Waals surface area contributed by atoms with Crippen molar-refractivity contribution in [3.63, 3.8) is 0 Å². The van der Waals surface area contributed by atoms with Crippen LogP contribution in [0.2, 0.25) is 0 Å². The quantitative estimate of drug-likeness (QED) is 0.683. The maximum absolute atomic E-state index is 12.2. The number of rotatable bonds is 7. The van der Waals surface area contributed by atoms with Gasteiger partial charge < -0.3 is 9.67 Å². The average molecular weight is 378 g/mol. The summed E-state index contributed by atoms with van der Waals surface area (Å²) in [5.41, 5.74) is 1.49. The fraction of sp³-hybridized carbons (Fsp3) is 0.333. The highest BCUT2D eigenvalue weighted by Crippen LogP contribution is 2.32. The minimum Gasteiger partial charge on any atom is -0.478 e. The molecule has 0 amide bonds. The molecule has 2 aromatic heterocycles. The molecule has 7 nitrogen and oxygen atoms in total. The topological polar surface area (TPSA) is 90.0 Å². The molecule has 2 heterocycles. The van der Waals surface area contributed by atoms with E-state index in [0.717, 1.165) is 17.9 Å². The number of para-hydroxylation sites is 1. The molecule has 0 bridgehead atoms. The standard InChI is InChI=1S/C21H22N4O3/c1-14-5-4-8-20(26)24(14)12-11-19-22-18(13-15-9-10-15)23-25(19)17-7-3-2-6-16(17)21(27)28/h2-8,15H,9-13H2,1H3,(H,27,28). The third-order valence-corrected chi connectivity index (χ3v) is 5.08. The zero-order valence-corrected chi connectivity index (χ0v) is 15.7. The molecule has 144 valence electrons. The molecule has 3 aromatic rings. The minimum atomic E-state index is -1.00. The predicted octanol–water partition coefficient (Wildman–Crippen LogP) is 2.63. The molecule has 1 fully saturated rings. The Kier molecular flexibility index (Phi) is 4.81. The van der Waals surface area contributed by atoms with Crippen molar-refractivity contribution in [3.05, 3.63) is 75.7 Å². The summed E-state index contributed by atoms with van der Waals surface area (Å²) in [4.78, 5) is 28.5. The lowest BCUT2D eigenvalue weighted by Crippen LogP contribution is -2.22. The third-order valence-electron chi connectivity index (χ3n) is 5.08. The molecule has 1 N–H and O–H groups in total. The van der Waals surface area contributed by atoms with Gasteiger partial charge in [0.05, 0.1) is 11.3 Å². The van der Waals surface area contributed by atoms with Gasteiger partial charge in [0.25, 0.3) is 5.56 Å². The van der Waals surface area contributed by atoms with Crippen molar-refractivity contribution in [2.75, 3.05) is 0 Å². The van der Waals surface area contributed by atoms with Crippen molar-refractivity contribution < 1.29 is 9.90 Å². The highest BCUT2D eigenvalue weighted by molar-refractivity contribution is 5.91. The number of nitrogens with zero attached hydrogens (tertiary/aromatic N) is 4. The molecule has 0 unspecified atom stereocenters. The number of aromatic nitrogens is 4. The van der Waals surface area contributed by atoms with E-state index >= 15 is 0 Å². The highest BCUT2D eigenvalue weighted by atomic mass is 16.4. The Labute approximate surface area is 162 Å². The van der Waals surface area contributed by atoms with E-state index in [1.54, 1.807) is 39.6 Å². The second kappa shape index (κ2) is 7.42. The van der Waals surface area contributed by atoms with Gasteiger partial charge in [0.15, 0.2) is 5.82 Å². The monoisotopic (exact) mass is 378 g/mol. The summed E-state index contributed by atoms with van der Waals surface area (Å²) in [7, 11) is 0. The summed E-state index contributed by atoms with van der Waals surface area (Å²) in [6.45, 7) is 2.35. The summed E-state index contributed by atoms with van der Waals surface area (Å²) < 4.78 is 3.33. The number of hydrogen-bond donors (Lipinski definition) is 1. The van der Waals surface area contributed by atoms with Crippen molar-refractivity contribution in [1.82, 2.24) is 19.3 Å². The Balaban J connectivity index is 1.71. The second-order valence-electron chi connectivity index (χ2n) is 7.23. The van der Waals surface area contributed by atoms with Crippen molar-refractivity contribution in [2.24, 2.45) is 5.92 Å². The van der Waals surface area contributed by atoms with Crippen LogP contribution in [0, 0.1) is 12.8 Å². The summed E-state index contributed by atoms with van der Waals surface area (Å²) in [6, 6.07) is 12.0. The third kappa shape index (κ3) is 3.74. The van der Waals surface area contributed by atoms with E-state index in [9.17, 15) is 14.7 Å². The minimum absolute atomic E-state index is 0.0600. The molecule has 1 aliphatic carbocycles. The van der Waals surface area contributed by atoms with E-state index in [0.29, 0.717) is 30.4 Å². The molecule has 0 spiro atoms. The molecular weight excluding hydrogens is 356 g/mol. The number of benzene rings is 1. The molecule has 7 heteroatoms. The van der Waals surface area contributed by atoms with Crippen LogP contribution < -0.4 is 5.56 Å². The largest absolute Gasteiger partial charge is 0.478 e. The SMILES string of the molecule is Cc1cccc(=O)n1CCc1nc(CC2CC2)nn1-c1ccccc1C(=O)O. The summed E-state index contributed by atoms with van der Waals surface area (Å²) in [6.07, 6.45) is 3.66. The van der Waals surface area contributed by atoms with Crippen LogP contribution in [0.5, 0.6) is 0 Å². The van der Waals surface area contributed by atoms with Gasteiger partial charge in [-0.05, 0) is 43.9 Å². The average Bonchev–Trinajstić information content (AvgIpc) is 3.39. The van der Waals surface area contributed by atoms with Crippen LogP contribution in [0.3, 0.4) is 0 Å². The van der Waals surface area contributed by atoms with Gasteiger partial charge in [0, 0.05) is 31.1 Å². The van der Waals surface area contributed by atoms with Crippen LogP contribution in [0.4, 0.5) is 0 Å². The number of carboxylic acids is 1. The Morgan fingerprint density at radius 1 is 1.18 bits per heavy atom. The number of carboxylic acid groups (broad SMARTS) is 1. The Bertz CT molecular complexity index is 1080. The van der Waals surface area contributed by atoms with Crippen molar-refractivity contribution in [2.45, 2.75) is 39.2 Å². The number of aromatic carboxylic acids is 1. The smallest absolute Gasteiger partial charge is 0.337 e. The number of pyridine rings is 1. The zero-order chi connectivity index (χ0) is 19.7. The highest BCUT2D eigenvalue weighted by Gasteiger charge is 2.25. The normalized spacial score (nSPS) is 13.6.